The minimum absolute atomic E-state index is 0. The molecule has 0 fully saturated rings. The molecule has 5 heterocycles. The number of benzene rings is 4. The Bertz CT molecular complexity index is 2530. The second kappa shape index (κ2) is 12.4. The maximum atomic E-state index is 6.48. The Kier molecular flexibility index (Phi) is 7.88. The van der Waals surface area contributed by atoms with Gasteiger partial charge in [0.15, 0.2) is 0 Å². The summed E-state index contributed by atoms with van der Waals surface area (Å²) in [6.45, 7) is 8.68. The Morgan fingerprint density at radius 2 is 1.48 bits per heavy atom. The molecule has 0 saturated heterocycles. The summed E-state index contributed by atoms with van der Waals surface area (Å²) >= 11 is 0. The van der Waals surface area contributed by atoms with Crippen molar-refractivity contribution in [1.29, 1.82) is 0 Å². The smallest absolute Gasteiger partial charge is 0.135 e. The van der Waals surface area contributed by atoms with Crippen LogP contribution >= 0.6 is 0 Å². The molecule has 7 nitrogen and oxygen atoms in total. The van der Waals surface area contributed by atoms with E-state index in [9.17, 15) is 0 Å². The third kappa shape index (κ3) is 5.39. The van der Waals surface area contributed by atoms with Gasteiger partial charge in [-0.05, 0) is 52.1 Å². The molecule has 0 spiro atoms. The van der Waals surface area contributed by atoms with Crippen LogP contribution in [0.2, 0.25) is 0 Å². The van der Waals surface area contributed by atoms with Crippen LogP contribution < -0.4 is 14.5 Å². The van der Waals surface area contributed by atoms with Gasteiger partial charge >= 0.3 is 0 Å². The molecule has 8 heteroatoms. The molecule has 0 saturated carbocycles. The first kappa shape index (κ1) is 31.7. The second-order valence-corrected chi connectivity index (χ2v) is 13.2. The van der Waals surface area contributed by atoms with Gasteiger partial charge in [-0.15, -0.1) is 48.1 Å². The van der Waals surface area contributed by atoms with Gasteiger partial charge in [-0.3, -0.25) is 4.98 Å². The Hall–Kier alpha value is -5.52. The molecule has 9 rings (SSSR count). The number of para-hydroxylation sites is 1. The van der Waals surface area contributed by atoms with E-state index < -0.39 is 0 Å². The maximum Gasteiger partial charge on any atom is 0.135 e. The predicted octanol–water partition coefficient (Wildman–Crippen LogP) is 10.2. The van der Waals surface area contributed by atoms with Crippen LogP contribution in [0.3, 0.4) is 0 Å². The van der Waals surface area contributed by atoms with Crippen LogP contribution in [0.4, 0.5) is 22.9 Å². The third-order valence-corrected chi connectivity index (χ3v) is 9.04. The van der Waals surface area contributed by atoms with Crippen LogP contribution in [0.1, 0.15) is 26.3 Å². The van der Waals surface area contributed by atoms with Gasteiger partial charge in [-0.2, -0.15) is 12.1 Å². The van der Waals surface area contributed by atoms with Crippen LogP contribution in [-0.4, -0.2) is 19.5 Å². The zero-order valence-corrected chi connectivity index (χ0v) is 29.9. The van der Waals surface area contributed by atoms with Crippen molar-refractivity contribution in [2.75, 3.05) is 9.80 Å². The Balaban J connectivity index is 0.00000361. The molecular weight excluding hydrogens is 800 g/mol. The molecule has 0 aliphatic carbocycles. The van der Waals surface area contributed by atoms with Crippen LogP contribution in [-0.2, 0) is 26.5 Å². The number of hydrogen-bond acceptors (Lipinski definition) is 6. The van der Waals surface area contributed by atoms with Crippen molar-refractivity contribution < 1.29 is 25.8 Å². The van der Waals surface area contributed by atoms with Crippen molar-refractivity contribution in [3.63, 3.8) is 0 Å². The Morgan fingerprint density at radius 1 is 0.680 bits per heavy atom. The molecule has 4 aromatic heterocycles. The van der Waals surface area contributed by atoms with E-state index in [-0.39, 0.29) is 26.5 Å². The second-order valence-electron chi connectivity index (χ2n) is 13.2. The first-order valence-corrected chi connectivity index (χ1v) is 16.3. The number of anilines is 4. The predicted molar refractivity (Wildman–Crippen MR) is 196 cm³/mol. The zero-order chi connectivity index (χ0) is 33.1. The van der Waals surface area contributed by atoms with Crippen LogP contribution in [0.5, 0.6) is 11.5 Å². The van der Waals surface area contributed by atoms with Crippen LogP contribution in [0.25, 0.3) is 38.4 Å². The number of pyridine rings is 3. The molecule has 4 aromatic carbocycles. The summed E-state index contributed by atoms with van der Waals surface area (Å²) in [5, 5.41) is 4.41. The summed E-state index contributed by atoms with van der Waals surface area (Å²) in [7, 11) is 0. The van der Waals surface area contributed by atoms with E-state index in [1.165, 1.54) is 5.56 Å². The van der Waals surface area contributed by atoms with E-state index >= 15 is 0 Å². The zero-order valence-electron chi connectivity index (χ0n) is 27.6. The molecular formula is C42H31N6OPt-3. The van der Waals surface area contributed by atoms with Gasteiger partial charge in [0.1, 0.15) is 11.6 Å². The van der Waals surface area contributed by atoms with Gasteiger partial charge in [0.05, 0.1) is 5.69 Å². The van der Waals surface area contributed by atoms with Crippen LogP contribution in [0, 0.1) is 18.8 Å². The molecule has 0 bridgehead atoms. The average Bonchev–Trinajstić information content (AvgIpc) is 3.67. The van der Waals surface area contributed by atoms with E-state index in [1.54, 1.807) is 6.20 Å². The molecule has 8 aromatic rings. The van der Waals surface area contributed by atoms with Crippen molar-refractivity contribution in [3.05, 3.63) is 152 Å². The van der Waals surface area contributed by atoms with Gasteiger partial charge < -0.3 is 19.1 Å². The standard InChI is InChI=1S/C42H31N6O.Pt/c1-42(2,3)29-18-22-44-40(23-29)48-36-14-7-6-13-34(36)35-16-15-32(25-38(35)48)49-31-11-8-10-30(24-31)46-27-47(37-19-20-43-26-39(37)46)41-33-12-5-4-9-28(33)17-21-45-41;/h4-23,26-27H,1-3H3;/q-3;. The first-order chi connectivity index (χ1) is 23.9. The fourth-order valence-corrected chi connectivity index (χ4v) is 6.60. The normalized spacial score (nSPS) is 12.8. The topological polar surface area (TPSA) is 59.3 Å². The monoisotopic (exact) mass is 830 g/mol. The first-order valence-electron chi connectivity index (χ1n) is 16.3. The van der Waals surface area contributed by atoms with Gasteiger partial charge in [0, 0.05) is 73.9 Å². The minimum Gasteiger partial charge on any atom is -0.509 e. The molecule has 0 unspecified atom stereocenters. The summed E-state index contributed by atoms with van der Waals surface area (Å²) in [4.78, 5) is 18.2. The van der Waals surface area contributed by atoms with Crippen molar-refractivity contribution in [2.24, 2.45) is 0 Å². The van der Waals surface area contributed by atoms with Gasteiger partial charge in [0.2, 0.25) is 0 Å². The van der Waals surface area contributed by atoms with Crippen LogP contribution in [0.15, 0.2) is 128 Å². The van der Waals surface area contributed by atoms with Gasteiger partial charge in [-0.25, -0.2) is 9.97 Å². The number of rotatable bonds is 5. The molecule has 0 radical (unpaired) electrons. The number of nitrogens with zero attached hydrogens (tertiary/aromatic N) is 6. The Labute approximate surface area is 305 Å². The molecule has 0 N–H and O–H groups in total. The van der Waals surface area contributed by atoms with E-state index in [2.05, 4.69) is 107 Å². The van der Waals surface area contributed by atoms with E-state index in [4.69, 9.17) is 14.7 Å². The summed E-state index contributed by atoms with van der Waals surface area (Å²) in [5.74, 6) is 2.86. The molecule has 0 atom stereocenters. The largest absolute Gasteiger partial charge is 0.509 e. The molecule has 1 aliphatic heterocycles. The van der Waals surface area contributed by atoms with Crippen molar-refractivity contribution >= 4 is 55.5 Å². The van der Waals surface area contributed by atoms with Crippen molar-refractivity contribution in [1.82, 2.24) is 19.5 Å². The number of ether oxygens (including phenoxy) is 1. The average molecular weight is 831 g/mol. The quantitative estimate of drug-likeness (QED) is 0.161. The summed E-state index contributed by atoms with van der Waals surface area (Å²) in [6.07, 6.45) is 7.40. The van der Waals surface area contributed by atoms with E-state index in [0.717, 1.165) is 61.3 Å². The minimum atomic E-state index is -0.0128. The van der Waals surface area contributed by atoms with Gasteiger partial charge in [-0.1, -0.05) is 68.8 Å². The molecule has 1 aliphatic rings. The Morgan fingerprint density at radius 3 is 2.36 bits per heavy atom. The number of aromatic nitrogens is 4. The number of fused-ring (bicyclic) bond motifs is 5. The molecule has 0 amide bonds. The number of hydrogen-bond donors (Lipinski definition) is 0. The van der Waals surface area contributed by atoms with Crippen molar-refractivity contribution in [3.8, 4) is 17.3 Å². The molecule has 50 heavy (non-hydrogen) atoms. The SMILES string of the molecule is CC(C)(C)c1ccnc(-n2c3[c-]c(Oc4[c-]c(N5[CH-]N(c6nccc7ccccc67)c6ccncc65)ccc4)ccc3c3ccccc32)c1.[Pt]. The summed E-state index contributed by atoms with van der Waals surface area (Å²) in [6, 6.07) is 42.0. The van der Waals surface area contributed by atoms with Crippen molar-refractivity contribution in [2.45, 2.75) is 26.2 Å². The molecule has 248 valence electrons. The van der Waals surface area contributed by atoms with Gasteiger partial charge in [0.25, 0.3) is 0 Å². The van der Waals surface area contributed by atoms with E-state index in [0.29, 0.717) is 11.5 Å². The fourth-order valence-electron chi connectivity index (χ4n) is 6.60. The van der Waals surface area contributed by atoms with E-state index in [1.807, 2.05) is 73.8 Å². The third-order valence-electron chi connectivity index (χ3n) is 9.04. The summed E-state index contributed by atoms with van der Waals surface area (Å²) < 4.78 is 8.65. The summed E-state index contributed by atoms with van der Waals surface area (Å²) in [5.41, 5.74) is 5.89. The fraction of sp³-hybridized carbons (Fsp3) is 0.0952. The maximum absolute atomic E-state index is 6.48.